The normalized spacial score (nSPS) is 10.6. The fourth-order valence-electron chi connectivity index (χ4n) is 2.54. The molecule has 1 N–H and O–H groups in total. The van der Waals surface area contributed by atoms with Crippen LogP contribution in [0.25, 0.3) is 10.1 Å². The molecule has 5 nitrogen and oxygen atoms in total. The van der Waals surface area contributed by atoms with E-state index in [-0.39, 0.29) is 21.1 Å². The van der Waals surface area contributed by atoms with Gasteiger partial charge in [0.15, 0.2) is 0 Å². The topological polar surface area (TPSA) is 68.7 Å². The van der Waals surface area contributed by atoms with E-state index in [4.69, 9.17) is 19.6 Å². The summed E-state index contributed by atoms with van der Waals surface area (Å²) in [4.78, 5) is 15.3. The van der Waals surface area contributed by atoms with Gasteiger partial charge >= 0.3 is 164 Å². The molecule has 27 heavy (non-hydrogen) atoms. The molecule has 0 unspecified atom stereocenters. The van der Waals surface area contributed by atoms with E-state index in [2.05, 4.69) is 31.2 Å². The van der Waals surface area contributed by atoms with E-state index in [0.717, 1.165) is 21.6 Å². The third-order valence-electron chi connectivity index (χ3n) is 4.06. The van der Waals surface area contributed by atoms with E-state index in [1.54, 1.807) is 12.1 Å². The Morgan fingerprint density at radius 1 is 1.07 bits per heavy atom. The Hall–Kier alpha value is -2.56. The van der Waals surface area contributed by atoms with Gasteiger partial charge in [-0.3, -0.25) is 0 Å². The molecular formula is C21H21NO4Se. The van der Waals surface area contributed by atoms with Crippen LogP contribution in [0.15, 0.2) is 42.5 Å². The van der Waals surface area contributed by atoms with Gasteiger partial charge in [-0.05, 0) is 0 Å². The van der Waals surface area contributed by atoms with E-state index in [1.807, 2.05) is 19.9 Å². The number of aryl methyl sites for hydroxylation is 3. The molecule has 0 bridgehead atoms. The van der Waals surface area contributed by atoms with Crippen LogP contribution >= 0.6 is 0 Å². The van der Waals surface area contributed by atoms with Gasteiger partial charge in [-0.1, -0.05) is 0 Å². The van der Waals surface area contributed by atoms with E-state index in [0.29, 0.717) is 12.4 Å². The van der Waals surface area contributed by atoms with E-state index < -0.39 is 5.97 Å². The molecule has 3 aromatic rings. The first-order valence-corrected chi connectivity index (χ1v) is 10.2. The number of carboxylic acid groups (broad SMARTS) is 1. The van der Waals surface area contributed by atoms with Crippen LogP contribution in [0, 0.1) is 20.8 Å². The summed E-state index contributed by atoms with van der Waals surface area (Å²) in [5, 5.41) is 8.70. The summed E-state index contributed by atoms with van der Waals surface area (Å²) in [7, 11) is 0. The number of carboxylic acids is 1. The SMILES string of the molecule is Cc1ccc(-c2nc(C)c(COc3ccc(OCC(=O)O)c(C)c3)[se]2)cc1. The van der Waals surface area contributed by atoms with Gasteiger partial charge in [0.05, 0.1) is 0 Å². The summed E-state index contributed by atoms with van der Waals surface area (Å²) in [6.07, 6.45) is 0. The summed E-state index contributed by atoms with van der Waals surface area (Å²) in [5.74, 6) is 0.287. The van der Waals surface area contributed by atoms with Crippen LogP contribution in [-0.4, -0.2) is 37.2 Å². The van der Waals surface area contributed by atoms with Crippen LogP contribution in [0.3, 0.4) is 0 Å². The maximum atomic E-state index is 10.6. The molecule has 0 spiro atoms. The summed E-state index contributed by atoms with van der Waals surface area (Å²) in [6.45, 7) is 6.12. The monoisotopic (exact) mass is 431 g/mol. The van der Waals surface area contributed by atoms with Crippen LogP contribution in [0.1, 0.15) is 21.3 Å². The van der Waals surface area contributed by atoms with Crippen molar-refractivity contribution in [3.8, 4) is 21.6 Å². The van der Waals surface area contributed by atoms with Gasteiger partial charge in [-0.2, -0.15) is 0 Å². The Morgan fingerprint density at radius 3 is 2.48 bits per heavy atom. The quantitative estimate of drug-likeness (QED) is 0.578. The summed E-state index contributed by atoms with van der Waals surface area (Å²) in [5.41, 5.74) is 4.28. The molecule has 0 aliphatic rings. The van der Waals surface area contributed by atoms with E-state index >= 15 is 0 Å². The molecule has 0 saturated heterocycles. The molecule has 0 amide bonds. The van der Waals surface area contributed by atoms with Crippen LogP contribution < -0.4 is 9.47 Å². The number of rotatable bonds is 7. The Balaban J connectivity index is 1.67. The van der Waals surface area contributed by atoms with Crippen molar-refractivity contribution in [1.82, 2.24) is 4.98 Å². The van der Waals surface area contributed by atoms with Gasteiger partial charge in [-0.25, -0.2) is 0 Å². The fraction of sp³-hybridized carbons (Fsp3) is 0.238. The van der Waals surface area contributed by atoms with Gasteiger partial charge in [0.2, 0.25) is 0 Å². The van der Waals surface area contributed by atoms with E-state index in [1.165, 1.54) is 15.6 Å². The van der Waals surface area contributed by atoms with Crippen molar-refractivity contribution in [2.75, 3.05) is 6.61 Å². The van der Waals surface area contributed by atoms with Crippen molar-refractivity contribution in [1.29, 1.82) is 0 Å². The zero-order valence-corrected chi connectivity index (χ0v) is 17.2. The number of aromatic nitrogens is 1. The molecule has 1 aromatic heterocycles. The second kappa shape index (κ2) is 8.42. The molecule has 0 radical (unpaired) electrons. The summed E-state index contributed by atoms with van der Waals surface area (Å²) in [6, 6.07) is 13.8. The van der Waals surface area contributed by atoms with Gasteiger partial charge in [0.25, 0.3) is 0 Å². The molecule has 0 saturated carbocycles. The van der Waals surface area contributed by atoms with Crippen molar-refractivity contribution >= 4 is 20.5 Å². The second-order valence-electron chi connectivity index (χ2n) is 6.29. The average molecular weight is 430 g/mol. The van der Waals surface area contributed by atoms with Crippen LogP contribution in [0.5, 0.6) is 11.5 Å². The fourth-order valence-corrected chi connectivity index (χ4v) is 4.60. The predicted octanol–water partition coefficient (Wildman–Crippen LogP) is 3.77. The van der Waals surface area contributed by atoms with Crippen LogP contribution in [0.4, 0.5) is 0 Å². The zero-order valence-electron chi connectivity index (χ0n) is 15.5. The Labute approximate surface area is 164 Å². The molecule has 6 heteroatoms. The van der Waals surface area contributed by atoms with Crippen molar-refractivity contribution in [2.24, 2.45) is 0 Å². The molecule has 2 aromatic carbocycles. The van der Waals surface area contributed by atoms with Crippen LogP contribution in [-0.2, 0) is 11.4 Å². The molecule has 1 heterocycles. The summed E-state index contributed by atoms with van der Waals surface area (Å²) < 4.78 is 13.5. The third-order valence-corrected chi connectivity index (χ3v) is 6.53. The number of benzene rings is 2. The molecule has 0 aliphatic carbocycles. The number of carbonyl (C=O) groups is 1. The third kappa shape index (κ3) is 5.00. The molecule has 140 valence electrons. The van der Waals surface area contributed by atoms with Gasteiger partial charge < -0.3 is 0 Å². The molecule has 0 fully saturated rings. The van der Waals surface area contributed by atoms with Crippen molar-refractivity contribution in [3.63, 3.8) is 0 Å². The van der Waals surface area contributed by atoms with E-state index in [9.17, 15) is 4.79 Å². The van der Waals surface area contributed by atoms with Gasteiger partial charge in [0.1, 0.15) is 0 Å². The minimum absolute atomic E-state index is 0.152. The zero-order chi connectivity index (χ0) is 19.4. The van der Waals surface area contributed by atoms with Crippen LogP contribution in [0.2, 0.25) is 0 Å². The second-order valence-corrected chi connectivity index (χ2v) is 8.57. The summed E-state index contributed by atoms with van der Waals surface area (Å²) >= 11 is 0.152. The first kappa shape index (κ1) is 19.2. The maximum absolute atomic E-state index is 10.6. The standard InChI is InChI=1S/C21H21NO4Se/c1-13-4-6-16(7-5-13)21-22-15(3)19(27-21)11-25-17-8-9-18(14(2)10-17)26-12-20(23)24/h4-10H,11-12H2,1-3H3,(H,23,24). The molecule has 3 rings (SSSR count). The van der Waals surface area contributed by atoms with Crippen molar-refractivity contribution in [2.45, 2.75) is 27.4 Å². The number of ether oxygens (including phenoxy) is 2. The van der Waals surface area contributed by atoms with Crippen molar-refractivity contribution in [3.05, 3.63) is 63.7 Å². The Morgan fingerprint density at radius 2 is 1.81 bits per heavy atom. The predicted molar refractivity (Wildman–Crippen MR) is 105 cm³/mol. The molecule has 0 atom stereocenters. The first-order valence-electron chi connectivity index (χ1n) is 8.54. The van der Waals surface area contributed by atoms with Gasteiger partial charge in [0, 0.05) is 0 Å². The number of aliphatic carboxylic acids is 1. The molecule has 0 aliphatic heterocycles. The van der Waals surface area contributed by atoms with Crippen molar-refractivity contribution < 1.29 is 19.4 Å². The molecular weight excluding hydrogens is 409 g/mol. The van der Waals surface area contributed by atoms with Gasteiger partial charge in [-0.15, -0.1) is 0 Å². The minimum atomic E-state index is -0.995. The Kier molecular flexibility index (Phi) is 5.99. The number of nitrogens with zero attached hydrogens (tertiary/aromatic N) is 1. The Bertz CT molecular complexity index is 947. The number of hydrogen-bond donors (Lipinski definition) is 1. The average Bonchev–Trinajstić information content (AvgIpc) is 3.00. The number of hydrogen-bond acceptors (Lipinski definition) is 4. The first-order chi connectivity index (χ1) is 12.9.